The van der Waals surface area contributed by atoms with E-state index >= 15 is 0 Å². The predicted molar refractivity (Wildman–Crippen MR) is 51.5 cm³/mol. The van der Waals surface area contributed by atoms with Crippen molar-refractivity contribution in [2.45, 2.75) is 12.6 Å². The zero-order chi connectivity index (χ0) is 12.9. The van der Waals surface area contributed by atoms with Crippen molar-refractivity contribution in [2.24, 2.45) is 0 Å². The molecule has 0 fully saturated rings. The zero-order valence-corrected chi connectivity index (χ0v) is 8.44. The normalized spacial score (nSPS) is 10.5. The van der Waals surface area contributed by atoms with E-state index in [1.165, 1.54) is 24.3 Å². The Morgan fingerprint density at radius 1 is 1.41 bits per heavy atom. The molecule has 4 nitrogen and oxygen atoms in total. The number of hydrogen-bond acceptors (Lipinski definition) is 2. The Morgan fingerprint density at radius 3 is 2.65 bits per heavy atom. The molecule has 17 heavy (non-hydrogen) atoms. The van der Waals surface area contributed by atoms with E-state index in [1.54, 1.807) is 0 Å². The first-order valence-corrected chi connectivity index (χ1v) is 4.46. The van der Waals surface area contributed by atoms with Crippen molar-refractivity contribution in [1.82, 2.24) is 0 Å². The van der Waals surface area contributed by atoms with E-state index in [4.69, 9.17) is 5.53 Å². The van der Waals surface area contributed by atoms with Crippen molar-refractivity contribution in [1.29, 1.82) is 0 Å². The van der Waals surface area contributed by atoms with Crippen LogP contribution in [0.15, 0.2) is 24.3 Å². The first-order chi connectivity index (χ1) is 7.92. The number of hydrogen-bond donors (Lipinski definition) is 0. The lowest BCUT2D eigenvalue weighted by Crippen LogP contribution is -2.15. The molecule has 0 aromatic heterocycles. The quantitative estimate of drug-likeness (QED) is 0.268. The number of para-hydroxylation sites is 1. The van der Waals surface area contributed by atoms with Gasteiger partial charge in [-0.05, 0) is 6.07 Å². The van der Waals surface area contributed by atoms with Crippen LogP contribution in [-0.2, 0) is 11.2 Å². The molecule has 0 saturated carbocycles. The monoisotopic (exact) mass is 244 g/mol. The van der Waals surface area contributed by atoms with Gasteiger partial charge in [0.25, 0.3) is 0 Å². The molecule has 90 valence electrons. The Balaban J connectivity index is 2.92. The van der Waals surface area contributed by atoms with Gasteiger partial charge in [-0.15, -0.1) is 0 Å². The summed E-state index contributed by atoms with van der Waals surface area (Å²) < 4.78 is 41.2. The molecule has 0 saturated heterocycles. The fourth-order valence-corrected chi connectivity index (χ4v) is 1.15. The first kappa shape index (κ1) is 12.9. The summed E-state index contributed by atoms with van der Waals surface area (Å²) in [5.74, 6) is -1.27. The van der Waals surface area contributed by atoms with Crippen LogP contribution in [0.4, 0.5) is 13.2 Å². The van der Waals surface area contributed by atoms with Crippen molar-refractivity contribution in [3.63, 3.8) is 0 Å². The topological polar surface area (TPSA) is 62.7 Å². The van der Waals surface area contributed by atoms with E-state index in [2.05, 4.69) is 9.53 Å². The molecule has 0 atom stereocenters. The van der Waals surface area contributed by atoms with Gasteiger partial charge >= 0.3 is 18.4 Å². The van der Waals surface area contributed by atoms with Crippen molar-refractivity contribution >= 4 is 12.2 Å². The molecule has 0 aliphatic carbocycles. The first-order valence-electron chi connectivity index (χ1n) is 4.46. The molecule has 0 bridgehead atoms. The summed E-state index contributed by atoms with van der Waals surface area (Å²) in [6.45, 7) is 0. The minimum atomic E-state index is -4.40. The highest BCUT2D eigenvalue weighted by Crippen LogP contribution is 2.27. The lowest BCUT2D eigenvalue weighted by atomic mass is 10.1. The highest BCUT2D eigenvalue weighted by Gasteiger charge is 2.29. The fourth-order valence-electron chi connectivity index (χ4n) is 1.15. The Hall–Kier alpha value is -2.14. The van der Waals surface area contributed by atoms with E-state index in [1.807, 2.05) is 0 Å². The molecule has 0 aliphatic rings. The maximum atomic E-state index is 12.2. The standard InChI is InChI=1S/C10H7F3N2O2/c11-10(12,13)5-7-3-1-2-4-8(7)17-9(16)6-15-14/h1-4,6H,5H2. The molecule has 0 radical (unpaired) electrons. The number of ether oxygens (including phenoxy) is 1. The second kappa shape index (κ2) is 5.27. The summed E-state index contributed by atoms with van der Waals surface area (Å²) in [5.41, 5.74) is 7.89. The van der Waals surface area contributed by atoms with Crippen LogP contribution in [0.25, 0.3) is 5.53 Å². The third-order valence-corrected chi connectivity index (χ3v) is 1.74. The molecule has 7 heteroatoms. The molecule has 0 heterocycles. The molecule has 0 spiro atoms. The molecule has 0 N–H and O–H groups in total. The molecule has 0 amide bonds. The molecule has 1 aromatic rings. The molecule has 0 aliphatic heterocycles. The second-order valence-corrected chi connectivity index (χ2v) is 3.07. The van der Waals surface area contributed by atoms with E-state index in [0.717, 1.165) is 0 Å². The van der Waals surface area contributed by atoms with Crippen LogP contribution < -0.4 is 4.74 Å². The van der Waals surface area contributed by atoms with Gasteiger partial charge < -0.3 is 10.3 Å². The largest absolute Gasteiger partial charge is 0.419 e. The average molecular weight is 244 g/mol. The fraction of sp³-hybridized carbons (Fsp3) is 0.200. The van der Waals surface area contributed by atoms with Gasteiger partial charge in [-0.3, -0.25) is 0 Å². The summed E-state index contributed by atoms with van der Waals surface area (Å²) in [5, 5.41) is 0. The highest BCUT2D eigenvalue weighted by atomic mass is 19.4. The van der Waals surface area contributed by atoms with Gasteiger partial charge in [0, 0.05) is 5.56 Å². The minimum absolute atomic E-state index is 0.167. The summed E-state index contributed by atoms with van der Waals surface area (Å²) in [4.78, 5) is 13.3. The van der Waals surface area contributed by atoms with Crippen molar-refractivity contribution in [2.75, 3.05) is 0 Å². The van der Waals surface area contributed by atoms with Gasteiger partial charge in [0.2, 0.25) is 0 Å². The number of carbonyl (C=O) groups is 1. The molecular formula is C10H7F3N2O2. The Bertz CT molecular complexity index is 465. The van der Waals surface area contributed by atoms with Gasteiger partial charge in [0.1, 0.15) is 5.75 Å². The van der Waals surface area contributed by atoms with Gasteiger partial charge in [0.05, 0.1) is 6.42 Å². The van der Waals surface area contributed by atoms with Gasteiger partial charge in [-0.2, -0.15) is 18.0 Å². The number of rotatable bonds is 3. The van der Waals surface area contributed by atoms with E-state index < -0.39 is 18.6 Å². The van der Waals surface area contributed by atoms with E-state index in [0.29, 0.717) is 6.21 Å². The maximum Gasteiger partial charge on any atom is 0.419 e. The highest BCUT2D eigenvalue weighted by molar-refractivity contribution is 6.21. The number of halogens is 3. The molecule has 1 rings (SSSR count). The van der Waals surface area contributed by atoms with Crippen molar-refractivity contribution < 1.29 is 27.5 Å². The second-order valence-electron chi connectivity index (χ2n) is 3.07. The van der Waals surface area contributed by atoms with Crippen molar-refractivity contribution in [3.8, 4) is 5.75 Å². The number of nitrogens with zero attached hydrogens (tertiary/aromatic N) is 2. The zero-order valence-electron chi connectivity index (χ0n) is 8.44. The maximum absolute atomic E-state index is 12.2. The number of esters is 1. The third kappa shape index (κ3) is 4.48. The van der Waals surface area contributed by atoms with Gasteiger partial charge in [0.15, 0.2) is 0 Å². The minimum Gasteiger partial charge on any atom is -0.418 e. The smallest absolute Gasteiger partial charge is 0.418 e. The van der Waals surface area contributed by atoms with Crippen LogP contribution in [0.2, 0.25) is 0 Å². The molecular weight excluding hydrogens is 237 g/mol. The number of carbonyl (C=O) groups excluding carboxylic acids is 1. The molecule has 1 aromatic carbocycles. The summed E-state index contributed by atoms with van der Waals surface area (Å²) in [7, 11) is 0. The Labute approximate surface area is 94.2 Å². The number of alkyl halides is 3. The van der Waals surface area contributed by atoms with E-state index in [9.17, 15) is 18.0 Å². The van der Waals surface area contributed by atoms with E-state index in [-0.39, 0.29) is 11.3 Å². The van der Waals surface area contributed by atoms with Crippen LogP contribution in [-0.4, -0.2) is 23.2 Å². The SMILES string of the molecule is [N-]=[N+]=CC(=O)Oc1ccccc1CC(F)(F)F. The molecule has 0 unspecified atom stereocenters. The van der Waals surface area contributed by atoms with Gasteiger partial charge in [-0.25, -0.2) is 4.79 Å². The Kier molecular flexibility index (Phi) is 4.01. The number of benzene rings is 1. The summed E-state index contributed by atoms with van der Waals surface area (Å²) >= 11 is 0. The van der Waals surface area contributed by atoms with Crippen molar-refractivity contribution in [3.05, 3.63) is 35.4 Å². The van der Waals surface area contributed by atoms with Crippen LogP contribution in [0.3, 0.4) is 0 Å². The van der Waals surface area contributed by atoms with Crippen LogP contribution in [0, 0.1) is 0 Å². The Morgan fingerprint density at radius 2 is 2.06 bits per heavy atom. The lowest BCUT2D eigenvalue weighted by molar-refractivity contribution is -0.132. The predicted octanol–water partition coefficient (Wildman–Crippen LogP) is 2.00. The van der Waals surface area contributed by atoms with Crippen LogP contribution in [0.5, 0.6) is 5.75 Å². The average Bonchev–Trinajstić information content (AvgIpc) is 2.19. The summed E-state index contributed by atoms with van der Waals surface area (Å²) in [6.07, 6.45) is -5.15. The lowest BCUT2D eigenvalue weighted by Gasteiger charge is -2.09. The summed E-state index contributed by atoms with van der Waals surface area (Å²) in [6, 6.07) is 5.26. The van der Waals surface area contributed by atoms with Crippen LogP contribution >= 0.6 is 0 Å². The van der Waals surface area contributed by atoms with Crippen LogP contribution in [0.1, 0.15) is 5.56 Å². The van der Waals surface area contributed by atoms with Gasteiger partial charge in [-0.1, -0.05) is 18.2 Å². The third-order valence-electron chi connectivity index (χ3n) is 1.74.